The van der Waals surface area contributed by atoms with Gasteiger partial charge in [0.05, 0.1) is 6.10 Å². The Bertz CT molecular complexity index is 1190. The first kappa shape index (κ1) is 24.2. The normalized spacial score (nSPS) is 19.0. The Morgan fingerprint density at radius 3 is 2.53 bits per heavy atom. The van der Waals surface area contributed by atoms with Crippen molar-refractivity contribution in [2.24, 2.45) is 0 Å². The van der Waals surface area contributed by atoms with Gasteiger partial charge in [-0.25, -0.2) is 0 Å². The third-order valence-corrected chi connectivity index (χ3v) is 6.73. The van der Waals surface area contributed by atoms with E-state index in [0.29, 0.717) is 29.7 Å². The van der Waals surface area contributed by atoms with E-state index in [2.05, 4.69) is 20.7 Å². The number of furan rings is 2. The summed E-state index contributed by atoms with van der Waals surface area (Å²) >= 11 is 0. The lowest BCUT2D eigenvalue weighted by atomic mass is 10.1. The molecule has 1 aliphatic carbocycles. The van der Waals surface area contributed by atoms with Gasteiger partial charge in [-0.15, -0.1) is 10.2 Å². The van der Waals surface area contributed by atoms with Crippen molar-refractivity contribution in [2.45, 2.75) is 77.1 Å². The number of ether oxygens (including phenoxy) is 1. The van der Waals surface area contributed by atoms with Crippen LogP contribution in [0.5, 0.6) is 0 Å². The molecule has 192 valence electrons. The van der Waals surface area contributed by atoms with Crippen LogP contribution in [0, 0.1) is 13.8 Å². The molecule has 0 bridgehead atoms. The van der Waals surface area contributed by atoms with E-state index in [1.165, 1.54) is 4.80 Å². The van der Waals surface area contributed by atoms with Gasteiger partial charge in [-0.1, -0.05) is 12.8 Å². The highest BCUT2D eigenvalue weighted by molar-refractivity contribution is 5.88. The van der Waals surface area contributed by atoms with Crippen molar-refractivity contribution in [3.63, 3.8) is 0 Å². The number of nitrogens with zero attached hydrogens (tertiary/aromatic N) is 5. The molecule has 1 saturated carbocycles. The van der Waals surface area contributed by atoms with E-state index >= 15 is 0 Å². The molecule has 11 heteroatoms. The van der Waals surface area contributed by atoms with Gasteiger partial charge >= 0.3 is 0 Å². The second-order valence-corrected chi connectivity index (χ2v) is 9.58. The molecule has 36 heavy (non-hydrogen) atoms. The van der Waals surface area contributed by atoms with Crippen LogP contribution in [0.15, 0.2) is 33.1 Å². The maximum Gasteiger partial charge on any atom is 0.250 e. The highest BCUT2D eigenvalue weighted by Crippen LogP contribution is 2.28. The Kier molecular flexibility index (Phi) is 7.17. The van der Waals surface area contributed by atoms with E-state index in [4.69, 9.17) is 13.6 Å². The number of hydrogen-bond donors (Lipinski definition) is 1. The summed E-state index contributed by atoms with van der Waals surface area (Å²) in [6, 6.07) is 6.30. The largest absolute Gasteiger partial charge is 0.464 e. The molecule has 3 aromatic heterocycles. The summed E-state index contributed by atoms with van der Waals surface area (Å²) in [5, 5.41) is 15.5. The van der Waals surface area contributed by atoms with Crippen LogP contribution in [0.25, 0.3) is 11.6 Å². The summed E-state index contributed by atoms with van der Waals surface area (Å²) in [5.41, 5.74) is 0. The van der Waals surface area contributed by atoms with Gasteiger partial charge in [-0.3, -0.25) is 9.59 Å². The molecule has 2 fully saturated rings. The molecule has 2 amide bonds. The molecule has 1 saturated heterocycles. The number of nitrogens with one attached hydrogen (secondary N) is 1. The van der Waals surface area contributed by atoms with Crippen LogP contribution in [0.1, 0.15) is 61.8 Å². The first-order valence-electron chi connectivity index (χ1n) is 12.6. The zero-order chi connectivity index (χ0) is 25.1. The first-order chi connectivity index (χ1) is 17.5. The van der Waals surface area contributed by atoms with Crippen LogP contribution < -0.4 is 5.32 Å². The quantitative estimate of drug-likeness (QED) is 0.479. The fraction of sp³-hybridized carbons (Fsp3) is 0.560. The highest BCUT2D eigenvalue weighted by atomic mass is 16.5. The van der Waals surface area contributed by atoms with Crippen molar-refractivity contribution in [3.8, 4) is 11.6 Å². The van der Waals surface area contributed by atoms with Crippen molar-refractivity contribution >= 4 is 11.8 Å². The van der Waals surface area contributed by atoms with Gasteiger partial charge in [0, 0.05) is 19.2 Å². The van der Waals surface area contributed by atoms with E-state index in [-0.39, 0.29) is 37.0 Å². The highest BCUT2D eigenvalue weighted by Gasteiger charge is 2.37. The zero-order valence-electron chi connectivity index (χ0n) is 20.7. The molecule has 5 rings (SSSR count). The predicted molar refractivity (Wildman–Crippen MR) is 128 cm³/mol. The minimum Gasteiger partial charge on any atom is -0.464 e. The Labute approximate surface area is 209 Å². The Balaban J connectivity index is 1.41. The Morgan fingerprint density at radius 1 is 1.08 bits per heavy atom. The van der Waals surface area contributed by atoms with Crippen LogP contribution in [0.4, 0.5) is 0 Å². The lowest BCUT2D eigenvalue weighted by molar-refractivity contribution is -0.144. The van der Waals surface area contributed by atoms with Crippen molar-refractivity contribution in [3.05, 3.63) is 41.5 Å². The molecule has 0 spiro atoms. The summed E-state index contributed by atoms with van der Waals surface area (Å²) in [6.45, 7) is 4.36. The van der Waals surface area contributed by atoms with Gasteiger partial charge in [-0.05, 0) is 69.0 Å². The summed E-state index contributed by atoms with van der Waals surface area (Å²) < 4.78 is 17.3. The second kappa shape index (κ2) is 10.7. The van der Waals surface area contributed by atoms with Crippen LogP contribution in [0.3, 0.4) is 0 Å². The molecule has 1 aliphatic heterocycles. The molecule has 11 nitrogen and oxygen atoms in total. The number of carbonyl (C=O) groups excluding carboxylic acids is 2. The lowest BCUT2D eigenvalue weighted by Gasteiger charge is -2.32. The third-order valence-electron chi connectivity index (χ3n) is 6.73. The minimum absolute atomic E-state index is 0.104. The van der Waals surface area contributed by atoms with E-state index in [1.54, 1.807) is 23.1 Å². The van der Waals surface area contributed by atoms with Gasteiger partial charge in [-0.2, -0.15) is 4.80 Å². The molecule has 0 radical (unpaired) electrons. The monoisotopic (exact) mass is 496 g/mol. The predicted octanol–water partition coefficient (Wildman–Crippen LogP) is 2.95. The molecule has 0 aromatic carbocycles. The third kappa shape index (κ3) is 5.51. The lowest BCUT2D eigenvalue weighted by Crippen LogP contribution is -2.49. The molecule has 2 atom stereocenters. The summed E-state index contributed by atoms with van der Waals surface area (Å²) in [6.07, 6.45) is 5.63. The smallest absolute Gasteiger partial charge is 0.250 e. The molecule has 4 heterocycles. The standard InChI is InChI=1S/C25H32N6O5/c1-16-9-11-20(35-16)23(25(33)26-18-6-3-4-7-18)30(14-19-8-5-13-34-19)22(32)15-31-28-24(27-29-31)21-12-10-17(2)36-21/h9-12,18-19,23H,3-8,13-15H2,1-2H3,(H,26,33)/t19-,23-/m1/s1. The topological polar surface area (TPSA) is 129 Å². The summed E-state index contributed by atoms with van der Waals surface area (Å²) in [4.78, 5) is 30.1. The van der Waals surface area contributed by atoms with Crippen molar-refractivity contribution in [1.29, 1.82) is 0 Å². The number of amides is 2. The maximum atomic E-state index is 13.7. The zero-order valence-corrected chi connectivity index (χ0v) is 20.7. The van der Waals surface area contributed by atoms with E-state index in [0.717, 1.165) is 44.3 Å². The number of hydrogen-bond acceptors (Lipinski definition) is 8. The fourth-order valence-corrected chi connectivity index (χ4v) is 4.91. The number of aromatic nitrogens is 4. The fourth-order valence-electron chi connectivity index (χ4n) is 4.91. The van der Waals surface area contributed by atoms with Crippen molar-refractivity contribution in [1.82, 2.24) is 30.4 Å². The first-order valence-corrected chi connectivity index (χ1v) is 12.6. The van der Waals surface area contributed by atoms with Crippen LogP contribution in [-0.2, 0) is 20.9 Å². The molecule has 3 aromatic rings. The Hall–Kier alpha value is -3.47. The van der Waals surface area contributed by atoms with Crippen molar-refractivity contribution < 1.29 is 23.2 Å². The molecule has 0 unspecified atom stereocenters. The maximum absolute atomic E-state index is 13.7. The van der Waals surface area contributed by atoms with Gasteiger partial charge < -0.3 is 23.8 Å². The number of rotatable bonds is 9. The molecule has 1 N–H and O–H groups in total. The second-order valence-electron chi connectivity index (χ2n) is 9.58. The van der Waals surface area contributed by atoms with Crippen LogP contribution in [0.2, 0.25) is 0 Å². The van der Waals surface area contributed by atoms with Gasteiger partial charge in [0.15, 0.2) is 11.8 Å². The number of aryl methyl sites for hydroxylation is 2. The average molecular weight is 497 g/mol. The Morgan fingerprint density at radius 2 is 1.86 bits per heavy atom. The van der Waals surface area contributed by atoms with Crippen LogP contribution >= 0.6 is 0 Å². The summed E-state index contributed by atoms with van der Waals surface area (Å²) in [7, 11) is 0. The summed E-state index contributed by atoms with van der Waals surface area (Å²) in [5.74, 6) is 2.01. The molecular weight excluding hydrogens is 464 g/mol. The van der Waals surface area contributed by atoms with E-state index < -0.39 is 6.04 Å². The van der Waals surface area contributed by atoms with E-state index in [1.807, 2.05) is 19.9 Å². The molecular formula is C25H32N6O5. The average Bonchev–Trinajstić information content (AvgIpc) is 3.66. The van der Waals surface area contributed by atoms with E-state index in [9.17, 15) is 9.59 Å². The number of tetrazole rings is 1. The van der Waals surface area contributed by atoms with Gasteiger partial charge in [0.1, 0.15) is 23.8 Å². The van der Waals surface area contributed by atoms with Crippen LogP contribution in [-0.4, -0.2) is 62.2 Å². The van der Waals surface area contributed by atoms with Gasteiger partial charge in [0.2, 0.25) is 11.7 Å². The SMILES string of the molecule is Cc1ccc(-c2nnn(CC(=O)N(C[C@H]3CCCO3)[C@@H](C(=O)NC3CCCC3)c3ccc(C)o3)n2)o1. The number of carbonyl (C=O) groups is 2. The van der Waals surface area contributed by atoms with Crippen molar-refractivity contribution in [2.75, 3.05) is 13.2 Å². The molecule has 2 aliphatic rings. The van der Waals surface area contributed by atoms with Gasteiger partial charge in [0.25, 0.3) is 5.91 Å². The minimum atomic E-state index is -0.924.